The number of rotatable bonds is 4. The van der Waals surface area contributed by atoms with Gasteiger partial charge in [-0.25, -0.2) is 0 Å². The van der Waals surface area contributed by atoms with Crippen molar-refractivity contribution in [2.45, 2.75) is 56.1 Å². The fourth-order valence-corrected chi connectivity index (χ4v) is 3.65. The summed E-state index contributed by atoms with van der Waals surface area (Å²) in [5.41, 5.74) is 6.13. The van der Waals surface area contributed by atoms with Crippen LogP contribution in [0, 0.1) is 5.92 Å². The average molecular weight is 240 g/mol. The SMILES string of the molecule is CSC1(CN=C(N)C2CCCCC2)CCC1. The maximum absolute atomic E-state index is 6.13. The minimum Gasteiger partial charge on any atom is -0.387 e. The van der Waals surface area contributed by atoms with Crippen molar-refractivity contribution in [2.75, 3.05) is 12.8 Å². The number of aliphatic imine (C=N–C) groups is 1. The Morgan fingerprint density at radius 1 is 1.25 bits per heavy atom. The van der Waals surface area contributed by atoms with Gasteiger partial charge in [-0.05, 0) is 31.9 Å². The van der Waals surface area contributed by atoms with Crippen LogP contribution in [0.1, 0.15) is 51.4 Å². The van der Waals surface area contributed by atoms with Gasteiger partial charge in [-0.1, -0.05) is 25.7 Å². The molecular formula is C13H24N2S. The second-order valence-electron chi connectivity index (χ2n) is 5.32. The second kappa shape index (κ2) is 5.44. The third kappa shape index (κ3) is 2.73. The first kappa shape index (κ1) is 12.3. The zero-order valence-electron chi connectivity index (χ0n) is 10.4. The summed E-state index contributed by atoms with van der Waals surface area (Å²) in [4.78, 5) is 4.69. The van der Waals surface area contributed by atoms with E-state index in [9.17, 15) is 0 Å². The summed E-state index contributed by atoms with van der Waals surface area (Å²) in [6.07, 6.45) is 12.8. The molecule has 0 aromatic carbocycles. The molecule has 0 radical (unpaired) electrons. The first-order chi connectivity index (χ1) is 7.76. The second-order valence-corrected chi connectivity index (χ2v) is 6.59. The van der Waals surface area contributed by atoms with Gasteiger partial charge in [0.05, 0.1) is 12.4 Å². The molecule has 92 valence electrons. The maximum atomic E-state index is 6.13. The molecule has 2 aliphatic rings. The molecule has 2 aliphatic carbocycles. The number of amidine groups is 1. The molecule has 0 spiro atoms. The third-order valence-electron chi connectivity index (χ3n) is 4.27. The fourth-order valence-electron chi connectivity index (χ4n) is 2.76. The normalized spacial score (nSPS) is 26.4. The van der Waals surface area contributed by atoms with Crippen LogP contribution in [0.3, 0.4) is 0 Å². The van der Waals surface area contributed by atoms with Gasteiger partial charge in [0, 0.05) is 10.7 Å². The van der Waals surface area contributed by atoms with Crippen LogP contribution < -0.4 is 5.73 Å². The van der Waals surface area contributed by atoms with E-state index in [0.29, 0.717) is 10.7 Å². The number of hydrogen-bond donors (Lipinski definition) is 1. The first-order valence-electron chi connectivity index (χ1n) is 6.61. The van der Waals surface area contributed by atoms with Crippen LogP contribution in [0.25, 0.3) is 0 Å². The molecule has 0 aromatic rings. The predicted octanol–water partition coefficient (Wildman–Crippen LogP) is 3.21. The molecule has 0 atom stereocenters. The molecule has 0 heterocycles. The lowest BCUT2D eigenvalue weighted by atomic mass is 9.84. The van der Waals surface area contributed by atoms with Crippen molar-refractivity contribution in [1.82, 2.24) is 0 Å². The number of nitrogens with two attached hydrogens (primary N) is 1. The van der Waals surface area contributed by atoms with Gasteiger partial charge in [0.25, 0.3) is 0 Å². The third-order valence-corrected chi connectivity index (χ3v) is 5.67. The standard InChI is InChI=1S/C13H24N2S/c1-16-13(8-5-9-13)10-15-12(14)11-6-3-2-4-7-11/h11H,2-10H2,1H3,(H2,14,15). The van der Waals surface area contributed by atoms with E-state index < -0.39 is 0 Å². The van der Waals surface area contributed by atoms with Gasteiger partial charge < -0.3 is 5.73 Å². The van der Waals surface area contributed by atoms with Crippen molar-refractivity contribution in [2.24, 2.45) is 16.6 Å². The molecule has 16 heavy (non-hydrogen) atoms. The molecule has 0 bridgehead atoms. The summed E-state index contributed by atoms with van der Waals surface area (Å²) in [5.74, 6) is 1.53. The molecule has 0 unspecified atom stereocenters. The quantitative estimate of drug-likeness (QED) is 0.605. The van der Waals surface area contributed by atoms with Crippen LogP contribution in [0.2, 0.25) is 0 Å². The highest BCUT2D eigenvalue weighted by atomic mass is 32.2. The Kier molecular flexibility index (Phi) is 4.17. The van der Waals surface area contributed by atoms with Crippen LogP contribution in [0.5, 0.6) is 0 Å². The van der Waals surface area contributed by atoms with Gasteiger partial charge in [-0.15, -0.1) is 0 Å². The van der Waals surface area contributed by atoms with Gasteiger partial charge in [-0.2, -0.15) is 11.8 Å². The summed E-state index contributed by atoms with van der Waals surface area (Å²) >= 11 is 1.99. The zero-order chi connectivity index (χ0) is 11.4. The van der Waals surface area contributed by atoms with E-state index in [-0.39, 0.29) is 0 Å². The van der Waals surface area contributed by atoms with Crippen molar-refractivity contribution < 1.29 is 0 Å². The summed E-state index contributed by atoms with van der Waals surface area (Å²) < 4.78 is 0.444. The smallest absolute Gasteiger partial charge is 0.0969 e. The molecule has 2 rings (SSSR count). The summed E-state index contributed by atoms with van der Waals surface area (Å²) in [6.45, 7) is 0.955. The number of hydrogen-bond acceptors (Lipinski definition) is 2. The Balaban J connectivity index is 1.85. The molecular weight excluding hydrogens is 216 g/mol. The highest BCUT2D eigenvalue weighted by Gasteiger charge is 2.36. The van der Waals surface area contributed by atoms with Gasteiger partial charge in [0.15, 0.2) is 0 Å². The number of thioether (sulfide) groups is 1. The molecule has 0 aromatic heterocycles. The van der Waals surface area contributed by atoms with E-state index in [2.05, 4.69) is 11.2 Å². The summed E-state index contributed by atoms with van der Waals surface area (Å²) in [6, 6.07) is 0. The molecule has 3 heteroatoms. The monoisotopic (exact) mass is 240 g/mol. The summed E-state index contributed by atoms with van der Waals surface area (Å²) in [7, 11) is 0. The first-order valence-corrected chi connectivity index (χ1v) is 7.83. The Bertz CT molecular complexity index is 247. The van der Waals surface area contributed by atoms with Gasteiger partial charge in [0.1, 0.15) is 0 Å². The minimum atomic E-state index is 0.444. The predicted molar refractivity (Wildman–Crippen MR) is 73.2 cm³/mol. The van der Waals surface area contributed by atoms with Gasteiger partial charge in [0.2, 0.25) is 0 Å². The molecule has 2 nitrogen and oxygen atoms in total. The van der Waals surface area contributed by atoms with Crippen LogP contribution >= 0.6 is 11.8 Å². The average Bonchev–Trinajstić information content (AvgIpc) is 2.29. The number of nitrogens with zero attached hydrogens (tertiary/aromatic N) is 1. The summed E-state index contributed by atoms with van der Waals surface area (Å²) in [5, 5.41) is 0. The zero-order valence-corrected chi connectivity index (χ0v) is 11.2. The maximum Gasteiger partial charge on any atom is 0.0969 e. The highest BCUT2D eigenvalue weighted by molar-refractivity contribution is 8.00. The Hall–Kier alpha value is -0.180. The van der Waals surface area contributed by atoms with Crippen molar-refractivity contribution in [3.05, 3.63) is 0 Å². The molecule has 0 aliphatic heterocycles. The lowest BCUT2D eigenvalue weighted by Crippen LogP contribution is -2.38. The largest absolute Gasteiger partial charge is 0.387 e. The van der Waals surface area contributed by atoms with Crippen LogP contribution in [-0.4, -0.2) is 23.4 Å². The van der Waals surface area contributed by atoms with Crippen LogP contribution in [0.15, 0.2) is 4.99 Å². The Morgan fingerprint density at radius 3 is 2.44 bits per heavy atom. The molecule has 0 amide bonds. The topological polar surface area (TPSA) is 38.4 Å². The Morgan fingerprint density at radius 2 is 1.94 bits per heavy atom. The molecule has 2 N–H and O–H groups in total. The van der Waals surface area contributed by atoms with E-state index >= 15 is 0 Å². The van der Waals surface area contributed by atoms with Crippen LogP contribution in [0.4, 0.5) is 0 Å². The van der Waals surface area contributed by atoms with Crippen LogP contribution in [-0.2, 0) is 0 Å². The minimum absolute atomic E-state index is 0.444. The lowest BCUT2D eigenvalue weighted by molar-refractivity contribution is 0.370. The highest BCUT2D eigenvalue weighted by Crippen LogP contribution is 2.43. The van der Waals surface area contributed by atoms with E-state index in [1.54, 1.807) is 0 Å². The van der Waals surface area contributed by atoms with E-state index in [0.717, 1.165) is 12.4 Å². The molecule has 2 saturated carbocycles. The van der Waals surface area contributed by atoms with Gasteiger partial charge in [-0.3, -0.25) is 4.99 Å². The Labute approximate surface area is 103 Å². The van der Waals surface area contributed by atoms with E-state index in [1.807, 2.05) is 11.8 Å². The van der Waals surface area contributed by atoms with E-state index in [1.165, 1.54) is 51.4 Å². The van der Waals surface area contributed by atoms with Crippen molar-refractivity contribution in [3.63, 3.8) is 0 Å². The molecule has 2 fully saturated rings. The molecule has 0 saturated heterocycles. The van der Waals surface area contributed by atoms with Crippen molar-refractivity contribution in [1.29, 1.82) is 0 Å². The van der Waals surface area contributed by atoms with Gasteiger partial charge >= 0.3 is 0 Å². The van der Waals surface area contributed by atoms with Crippen molar-refractivity contribution in [3.8, 4) is 0 Å². The van der Waals surface area contributed by atoms with Crippen molar-refractivity contribution >= 4 is 17.6 Å². The van der Waals surface area contributed by atoms with E-state index in [4.69, 9.17) is 5.73 Å². The fraction of sp³-hybridized carbons (Fsp3) is 0.923. The lowest BCUT2D eigenvalue weighted by Gasteiger charge is -2.39.